The summed E-state index contributed by atoms with van der Waals surface area (Å²) in [5.41, 5.74) is 1.06. The number of aliphatic imine (C=N–C) groups is 1. The molecule has 2 heterocycles. The summed E-state index contributed by atoms with van der Waals surface area (Å²) < 4.78 is 0. The van der Waals surface area contributed by atoms with Gasteiger partial charge >= 0.3 is 0 Å². The first-order chi connectivity index (χ1) is 12.8. The van der Waals surface area contributed by atoms with Crippen LogP contribution in [0, 0.1) is 0 Å². The number of thiophene rings is 1. The van der Waals surface area contributed by atoms with Crippen LogP contribution >= 0.6 is 35.3 Å². The molecule has 1 fully saturated rings. The van der Waals surface area contributed by atoms with Crippen molar-refractivity contribution in [3.63, 3.8) is 0 Å². The van der Waals surface area contributed by atoms with Crippen LogP contribution in [0.1, 0.15) is 35.4 Å². The Morgan fingerprint density at radius 1 is 1.07 bits per heavy atom. The zero-order valence-corrected chi connectivity index (χ0v) is 18.5. The number of nitrogens with one attached hydrogen (secondary N) is 2. The van der Waals surface area contributed by atoms with Crippen LogP contribution in [0.25, 0.3) is 0 Å². The van der Waals surface area contributed by atoms with E-state index in [9.17, 15) is 4.79 Å². The van der Waals surface area contributed by atoms with Crippen molar-refractivity contribution in [1.29, 1.82) is 0 Å². The van der Waals surface area contributed by atoms with Gasteiger partial charge in [0.1, 0.15) is 0 Å². The lowest BCUT2D eigenvalue weighted by Gasteiger charge is -2.30. The molecule has 27 heavy (non-hydrogen) atoms. The maximum Gasteiger partial charge on any atom is 0.261 e. The average Bonchev–Trinajstić information content (AvgIpc) is 3.23. The highest BCUT2D eigenvalue weighted by Crippen LogP contribution is 2.13. The van der Waals surface area contributed by atoms with Crippen LogP contribution in [0.3, 0.4) is 0 Å². The van der Waals surface area contributed by atoms with Gasteiger partial charge in [-0.15, -0.1) is 35.3 Å². The second-order valence-corrected chi connectivity index (χ2v) is 7.28. The number of piperidine rings is 1. The van der Waals surface area contributed by atoms with Crippen molar-refractivity contribution < 1.29 is 4.79 Å². The number of para-hydroxylation sites is 1. The summed E-state index contributed by atoms with van der Waals surface area (Å²) in [6, 6.07) is 13.9. The van der Waals surface area contributed by atoms with E-state index < -0.39 is 0 Å². The Kier molecular flexibility index (Phi) is 9.61. The fraction of sp³-hybridized carbons (Fsp3) is 0.400. The Bertz CT molecular complexity index is 700. The Morgan fingerprint density at radius 3 is 2.56 bits per heavy atom. The maximum absolute atomic E-state index is 11.9. The number of likely N-dealkylation sites (tertiary alicyclic amines) is 1. The highest BCUT2D eigenvalue weighted by atomic mass is 127. The van der Waals surface area contributed by atoms with E-state index in [4.69, 9.17) is 4.99 Å². The molecule has 2 aromatic rings. The van der Waals surface area contributed by atoms with Gasteiger partial charge in [0.15, 0.2) is 5.96 Å². The highest BCUT2D eigenvalue weighted by Gasteiger charge is 2.14. The number of guanidine groups is 1. The van der Waals surface area contributed by atoms with Crippen molar-refractivity contribution in [3.05, 3.63) is 52.7 Å². The molecule has 1 saturated heterocycles. The van der Waals surface area contributed by atoms with E-state index >= 15 is 0 Å². The molecule has 146 valence electrons. The van der Waals surface area contributed by atoms with E-state index in [1.54, 1.807) is 0 Å². The number of halogens is 1. The largest absolute Gasteiger partial charge is 0.351 e. The summed E-state index contributed by atoms with van der Waals surface area (Å²) in [6.07, 6.45) is 4.55. The first-order valence-electron chi connectivity index (χ1n) is 9.26. The molecule has 0 radical (unpaired) electrons. The van der Waals surface area contributed by atoms with Gasteiger partial charge in [-0.25, -0.2) is 0 Å². The summed E-state index contributed by atoms with van der Waals surface area (Å²) in [4.78, 5) is 19.8. The molecule has 2 N–H and O–H groups in total. The summed E-state index contributed by atoms with van der Waals surface area (Å²) in [6.45, 7) is 3.43. The van der Waals surface area contributed by atoms with Crippen LogP contribution in [-0.4, -0.2) is 42.9 Å². The summed E-state index contributed by atoms with van der Waals surface area (Å²) in [5.74, 6) is 0.947. The van der Waals surface area contributed by atoms with Crippen molar-refractivity contribution in [2.24, 2.45) is 4.99 Å². The number of hydrogen-bond donors (Lipinski definition) is 2. The molecule has 1 aromatic carbocycles. The number of anilines is 1. The van der Waals surface area contributed by atoms with E-state index in [0.29, 0.717) is 13.1 Å². The van der Waals surface area contributed by atoms with Crippen molar-refractivity contribution in [1.82, 2.24) is 10.2 Å². The summed E-state index contributed by atoms with van der Waals surface area (Å²) in [5, 5.41) is 8.33. The van der Waals surface area contributed by atoms with Crippen LogP contribution in [0.5, 0.6) is 0 Å². The molecular formula is C20H27IN4OS. The molecule has 1 amide bonds. The third kappa shape index (κ3) is 7.14. The highest BCUT2D eigenvalue weighted by molar-refractivity contribution is 14.0. The number of amides is 1. The van der Waals surface area contributed by atoms with Crippen molar-refractivity contribution in [3.8, 4) is 0 Å². The van der Waals surface area contributed by atoms with Crippen LogP contribution in [0.2, 0.25) is 0 Å². The molecular weight excluding hydrogens is 471 g/mol. The molecule has 0 spiro atoms. The normalized spacial score (nSPS) is 14.4. The molecule has 0 bridgehead atoms. The molecule has 0 atom stereocenters. The van der Waals surface area contributed by atoms with Gasteiger partial charge in [-0.1, -0.05) is 24.3 Å². The molecule has 0 aliphatic carbocycles. The maximum atomic E-state index is 11.9. The van der Waals surface area contributed by atoms with Crippen molar-refractivity contribution in [2.75, 3.05) is 31.5 Å². The predicted molar refractivity (Wildman–Crippen MR) is 124 cm³/mol. The first-order valence-corrected chi connectivity index (χ1v) is 10.1. The standard InChI is InChI=1S/C20H26N4OS.HI/c25-19(18-11-7-16-26-18)21-12-8-13-22-20(24-14-5-2-6-15-24)23-17-9-3-1-4-10-17;/h1,3-4,7,9-11,16H,2,5-6,8,12-15H2,(H,21,25)(H,22,23);1H. The molecule has 0 saturated carbocycles. The summed E-state index contributed by atoms with van der Waals surface area (Å²) >= 11 is 1.46. The van der Waals surface area contributed by atoms with Gasteiger partial charge in [-0.3, -0.25) is 9.79 Å². The van der Waals surface area contributed by atoms with Gasteiger partial charge in [-0.05, 0) is 49.3 Å². The Labute approximate surface area is 182 Å². The lowest BCUT2D eigenvalue weighted by molar-refractivity contribution is 0.0957. The van der Waals surface area contributed by atoms with Gasteiger partial charge in [0.2, 0.25) is 0 Å². The second kappa shape index (κ2) is 12.0. The third-order valence-electron chi connectivity index (χ3n) is 4.31. The minimum absolute atomic E-state index is 0. The average molecular weight is 498 g/mol. The van der Waals surface area contributed by atoms with Crippen molar-refractivity contribution >= 4 is 52.9 Å². The molecule has 5 nitrogen and oxygen atoms in total. The van der Waals surface area contributed by atoms with Crippen LogP contribution in [0.15, 0.2) is 52.8 Å². The molecule has 7 heteroatoms. The zero-order valence-electron chi connectivity index (χ0n) is 15.4. The van der Waals surface area contributed by atoms with Gasteiger partial charge in [0.05, 0.1) is 4.88 Å². The Balaban J connectivity index is 0.00000261. The van der Waals surface area contributed by atoms with Crippen LogP contribution < -0.4 is 10.6 Å². The fourth-order valence-electron chi connectivity index (χ4n) is 2.94. The fourth-order valence-corrected chi connectivity index (χ4v) is 3.58. The lowest BCUT2D eigenvalue weighted by atomic mass is 10.1. The smallest absolute Gasteiger partial charge is 0.261 e. The van der Waals surface area contributed by atoms with Crippen LogP contribution in [-0.2, 0) is 0 Å². The second-order valence-electron chi connectivity index (χ2n) is 6.33. The molecule has 1 aliphatic rings. The van der Waals surface area contributed by atoms with Gasteiger partial charge in [-0.2, -0.15) is 0 Å². The quantitative estimate of drug-likeness (QED) is 0.268. The Hall–Kier alpha value is -1.61. The molecule has 3 rings (SSSR count). The number of nitrogens with zero attached hydrogens (tertiary/aromatic N) is 2. The van der Waals surface area contributed by atoms with E-state index in [-0.39, 0.29) is 29.9 Å². The van der Waals surface area contributed by atoms with E-state index in [0.717, 1.165) is 36.0 Å². The van der Waals surface area contributed by atoms with E-state index in [2.05, 4.69) is 27.7 Å². The molecule has 1 aliphatic heterocycles. The first kappa shape index (κ1) is 21.7. The SMILES string of the molecule is I.O=C(NCCCN=C(Nc1ccccc1)N1CCCCC1)c1cccs1. The number of rotatable bonds is 6. The Morgan fingerprint density at radius 2 is 1.85 bits per heavy atom. The number of carbonyl (C=O) groups is 1. The molecule has 1 aromatic heterocycles. The van der Waals surface area contributed by atoms with Gasteiger partial charge < -0.3 is 15.5 Å². The topological polar surface area (TPSA) is 56.7 Å². The monoisotopic (exact) mass is 498 g/mol. The lowest BCUT2D eigenvalue weighted by Crippen LogP contribution is -2.40. The van der Waals surface area contributed by atoms with E-state index in [1.807, 2.05) is 35.7 Å². The van der Waals surface area contributed by atoms with E-state index in [1.165, 1.54) is 30.6 Å². The molecule has 0 unspecified atom stereocenters. The predicted octanol–water partition coefficient (Wildman–Crippen LogP) is 4.44. The zero-order chi connectivity index (χ0) is 18.0. The minimum atomic E-state index is 0. The van der Waals surface area contributed by atoms with Crippen LogP contribution in [0.4, 0.5) is 5.69 Å². The number of benzene rings is 1. The number of carbonyl (C=O) groups excluding carboxylic acids is 1. The number of hydrogen-bond acceptors (Lipinski definition) is 3. The van der Waals surface area contributed by atoms with Gasteiger partial charge in [0.25, 0.3) is 5.91 Å². The minimum Gasteiger partial charge on any atom is -0.351 e. The van der Waals surface area contributed by atoms with Crippen molar-refractivity contribution in [2.45, 2.75) is 25.7 Å². The summed E-state index contributed by atoms with van der Waals surface area (Å²) in [7, 11) is 0. The van der Waals surface area contributed by atoms with Gasteiger partial charge in [0, 0.05) is 31.9 Å². The third-order valence-corrected chi connectivity index (χ3v) is 5.18.